The lowest BCUT2D eigenvalue weighted by Crippen LogP contribution is -2.18. The molecule has 2 aromatic rings. The Labute approximate surface area is 177 Å². The van der Waals surface area contributed by atoms with E-state index in [9.17, 15) is 22.7 Å². The first-order valence-electron chi connectivity index (χ1n) is 12.6. The minimum Gasteiger partial charge on any atom is -0.386 e. The molecular formula is C18H20F4N6O. The first-order chi connectivity index (χ1) is 17.2. The number of alkyl halides is 3. The Morgan fingerprint density at radius 2 is 2.07 bits per heavy atom. The van der Waals surface area contributed by atoms with E-state index in [1.807, 2.05) is 5.32 Å². The summed E-state index contributed by atoms with van der Waals surface area (Å²) in [6.07, 6.45) is -9.31. The van der Waals surface area contributed by atoms with Crippen LogP contribution in [0, 0.1) is 0 Å². The Bertz CT molecular complexity index is 1220. The Morgan fingerprint density at radius 1 is 1.31 bits per heavy atom. The van der Waals surface area contributed by atoms with Gasteiger partial charge in [-0.05, 0) is 45.1 Å². The molecule has 7 nitrogen and oxygen atoms in total. The molecule has 1 aliphatic rings. The molecule has 0 aliphatic heterocycles. The number of nitrogens with one attached hydrogen (secondary N) is 2. The van der Waals surface area contributed by atoms with E-state index < -0.39 is 73.2 Å². The zero-order valence-electron chi connectivity index (χ0n) is 23.5. The van der Waals surface area contributed by atoms with Crippen LogP contribution in [0.2, 0.25) is 0 Å². The molecule has 1 atom stereocenters. The molecule has 0 radical (unpaired) electrons. The summed E-state index contributed by atoms with van der Waals surface area (Å²) in [5.74, 6) is -3.45. The second-order valence-electron chi connectivity index (χ2n) is 5.79. The van der Waals surface area contributed by atoms with Crippen molar-refractivity contribution in [2.45, 2.75) is 51.2 Å². The van der Waals surface area contributed by atoms with Crippen LogP contribution in [0.15, 0.2) is 24.2 Å². The van der Waals surface area contributed by atoms with E-state index in [2.05, 4.69) is 25.3 Å². The van der Waals surface area contributed by atoms with Crippen LogP contribution in [0.3, 0.4) is 0 Å². The molecule has 0 amide bonds. The van der Waals surface area contributed by atoms with Crippen LogP contribution in [-0.2, 0) is 6.18 Å². The summed E-state index contributed by atoms with van der Waals surface area (Å²) in [5.41, 5.74) is -2.00. The van der Waals surface area contributed by atoms with Crippen molar-refractivity contribution in [3.63, 3.8) is 0 Å². The predicted octanol–water partition coefficient (Wildman–Crippen LogP) is 4.07. The summed E-state index contributed by atoms with van der Waals surface area (Å²) in [6.45, 7) is -6.96. The number of halogens is 4. The van der Waals surface area contributed by atoms with Crippen LogP contribution in [-0.4, -0.2) is 37.2 Å². The first kappa shape index (κ1) is 12.0. The number of nitrogens with zero attached hydrogens (tertiary/aromatic N) is 4. The fourth-order valence-corrected chi connectivity index (χ4v) is 2.45. The maximum Gasteiger partial charge on any atom is 0.433 e. The Balaban J connectivity index is 2.16. The van der Waals surface area contributed by atoms with Gasteiger partial charge in [0, 0.05) is 34.4 Å². The number of hydrogen-bond donors (Lipinski definition) is 3. The Morgan fingerprint density at radius 3 is 2.79 bits per heavy atom. The van der Waals surface area contributed by atoms with E-state index >= 15 is 0 Å². The molecule has 0 fully saturated rings. The maximum absolute atomic E-state index is 14.9. The highest BCUT2D eigenvalue weighted by Crippen LogP contribution is 2.33. The average molecular weight is 421 g/mol. The molecule has 2 heterocycles. The second kappa shape index (κ2) is 8.27. The van der Waals surface area contributed by atoms with Gasteiger partial charge in [-0.25, -0.2) is 4.39 Å². The molecular weight excluding hydrogens is 392 g/mol. The Hall–Kier alpha value is -2.82. The SMILES string of the molecule is [2H]C1([2H])CCC(c2nc(Nc3ccnc(C(F)(F)F)c3)nc(NC([2H])(C([2H])([2H])[2H])C([2H])([2H])[2H])n2)=C(F)C1O. The normalized spacial score (nSPS) is 25.1. The van der Waals surface area contributed by atoms with Gasteiger partial charge in [-0.15, -0.1) is 0 Å². The van der Waals surface area contributed by atoms with Gasteiger partial charge in [-0.2, -0.15) is 28.1 Å². The number of aliphatic hydroxyl groups is 1. The van der Waals surface area contributed by atoms with Gasteiger partial charge >= 0.3 is 6.18 Å². The minimum absolute atomic E-state index is 0.270. The van der Waals surface area contributed by atoms with Gasteiger partial charge in [0.15, 0.2) is 5.82 Å². The quantitative estimate of drug-likeness (QED) is 0.626. The fraction of sp³-hybridized carbons (Fsp3) is 0.444. The molecule has 0 bridgehead atoms. The van der Waals surface area contributed by atoms with Crippen LogP contribution in [0.25, 0.3) is 5.57 Å². The molecule has 11 heteroatoms. The smallest absolute Gasteiger partial charge is 0.386 e. The van der Waals surface area contributed by atoms with Crippen molar-refractivity contribution in [1.29, 1.82) is 0 Å². The van der Waals surface area contributed by atoms with Gasteiger partial charge in [0.25, 0.3) is 0 Å². The first-order valence-corrected chi connectivity index (χ1v) is 8.07. The van der Waals surface area contributed by atoms with E-state index in [1.54, 1.807) is 0 Å². The summed E-state index contributed by atoms with van der Waals surface area (Å²) in [7, 11) is 0. The lowest BCUT2D eigenvalue weighted by Gasteiger charge is -2.20. The van der Waals surface area contributed by atoms with Crippen molar-refractivity contribution in [3.8, 4) is 0 Å². The van der Waals surface area contributed by atoms with Crippen molar-refractivity contribution >= 4 is 23.2 Å². The van der Waals surface area contributed by atoms with Gasteiger partial charge in [0.1, 0.15) is 17.6 Å². The van der Waals surface area contributed by atoms with E-state index in [1.165, 1.54) is 0 Å². The third-order valence-electron chi connectivity index (χ3n) is 3.69. The Kier molecular flexibility index (Phi) is 3.43. The topological polar surface area (TPSA) is 95.9 Å². The molecule has 29 heavy (non-hydrogen) atoms. The zero-order chi connectivity index (χ0) is 28.9. The molecule has 3 N–H and O–H groups in total. The fourth-order valence-electron chi connectivity index (χ4n) is 2.45. The average Bonchev–Trinajstić information content (AvgIpc) is 2.75. The standard InChI is InChI=1S/C18H20F4N6O/c1-9(2)24-16-26-15(11-4-3-5-12(29)14(11)19)27-17(28-16)25-10-6-7-23-13(8-10)18(20,21)22/h6-9,12,29H,3-5H2,1-2H3,(H2,23,24,25,26,27,28)/i1D3,2D3,5D2,9D. The number of hydrogen-bond acceptors (Lipinski definition) is 7. The third-order valence-corrected chi connectivity index (χ3v) is 3.69. The highest BCUT2D eigenvalue weighted by molar-refractivity contribution is 5.66. The molecule has 0 saturated heterocycles. The lowest BCUT2D eigenvalue weighted by molar-refractivity contribution is -0.141. The summed E-state index contributed by atoms with van der Waals surface area (Å²) in [4.78, 5) is 14.6. The highest BCUT2D eigenvalue weighted by atomic mass is 19.4. The largest absolute Gasteiger partial charge is 0.433 e. The second-order valence-corrected chi connectivity index (χ2v) is 5.79. The number of aliphatic hydroxyl groups excluding tert-OH is 1. The maximum atomic E-state index is 14.9. The summed E-state index contributed by atoms with van der Waals surface area (Å²) in [6, 6.07) is -1.72. The summed E-state index contributed by atoms with van der Waals surface area (Å²) in [5, 5.41) is 14.3. The zero-order valence-corrected chi connectivity index (χ0v) is 14.5. The molecule has 1 aliphatic carbocycles. The van der Waals surface area contributed by atoms with Crippen molar-refractivity contribution in [1.82, 2.24) is 19.9 Å². The van der Waals surface area contributed by atoms with Gasteiger partial charge < -0.3 is 15.7 Å². The molecule has 0 spiro atoms. The van der Waals surface area contributed by atoms with E-state index in [4.69, 9.17) is 12.3 Å². The lowest BCUT2D eigenvalue weighted by atomic mass is 9.96. The van der Waals surface area contributed by atoms with E-state index in [0.717, 1.165) is 12.3 Å². The minimum atomic E-state index is -4.82. The van der Waals surface area contributed by atoms with Gasteiger partial charge in [0.05, 0.1) is 1.37 Å². The number of pyridine rings is 1. The van der Waals surface area contributed by atoms with Gasteiger partial charge in [0.2, 0.25) is 11.9 Å². The molecule has 1 unspecified atom stereocenters. The molecule has 2 aromatic heterocycles. The number of rotatable bonds is 5. The van der Waals surface area contributed by atoms with Crippen molar-refractivity contribution in [3.05, 3.63) is 35.7 Å². The van der Waals surface area contributed by atoms with Crippen LogP contribution in [0.4, 0.5) is 35.1 Å². The van der Waals surface area contributed by atoms with Gasteiger partial charge in [-0.3, -0.25) is 4.98 Å². The summed E-state index contributed by atoms with van der Waals surface area (Å²) < 4.78 is 123. The van der Waals surface area contributed by atoms with Crippen LogP contribution >= 0.6 is 0 Å². The highest BCUT2D eigenvalue weighted by Gasteiger charge is 2.32. The van der Waals surface area contributed by atoms with Crippen LogP contribution < -0.4 is 10.6 Å². The number of allylic oxidation sites excluding steroid dienone is 1. The number of aromatic nitrogens is 4. The monoisotopic (exact) mass is 421 g/mol. The molecule has 0 saturated carbocycles. The van der Waals surface area contributed by atoms with Crippen LogP contribution in [0.5, 0.6) is 0 Å². The third kappa shape index (κ3) is 5.17. The summed E-state index contributed by atoms with van der Waals surface area (Å²) >= 11 is 0. The van der Waals surface area contributed by atoms with Crippen molar-refractivity contribution < 1.29 is 35.0 Å². The van der Waals surface area contributed by atoms with E-state index in [0.29, 0.717) is 6.07 Å². The number of anilines is 3. The van der Waals surface area contributed by atoms with Crippen molar-refractivity contribution in [2.24, 2.45) is 0 Å². The van der Waals surface area contributed by atoms with Gasteiger partial charge in [-0.1, -0.05) is 0 Å². The van der Waals surface area contributed by atoms with Crippen LogP contribution in [0.1, 0.15) is 56.8 Å². The molecule has 0 aromatic carbocycles. The molecule has 3 rings (SSSR count). The predicted molar refractivity (Wildman–Crippen MR) is 99.0 cm³/mol. The van der Waals surface area contributed by atoms with E-state index in [-0.39, 0.29) is 18.5 Å². The van der Waals surface area contributed by atoms with Crippen molar-refractivity contribution in [2.75, 3.05) is 10.6 Å². The molecule has 156 valence electrons.